The molecule has 0 unspecified atom stereocenters. The number of benzene rings is 4. The molecule has 0 radical (unpaired) electrons. The molecule has 25 heavy (non-hydrogen) atoms. The standard InChI is InChI=1S/C25H18/c1-17-9-8-16-24-22-13-5-4-12-20(22)18-10-2-3-11-19(18)21-14-6-7-15-23(21)25(17)24/h2-16H,1H3. The van der Waals surface area contributed by atoms with Gasteiger partial charge in [0.1, 0.15) is 0 Å². The van der Waals surface area contributed by atoms with E-state index in [1.165, 1.54) is 50.1 Å². The maximum atomic E-state index is 2.26. The third-order valence-electron chi connectivity index (χ3n) is 5.19. The van der Waals surface area contributed by atoms with Gasteiger partial charge in [0.2, 0.25) is 0 Å². The van der Waals surface area contributed by atoms with Gasteiger partial charge in [-0.15, -0.1) is 0 Å². The molecule has 1 aliphatic rings. The van der Waals surface area contributed by atoms with Crippen LogP contribution in [0.2, 0.25) is 0 Å². The smallest absolute Gasteiger partial charge is 0.00697 e. The molecule has 0 bridgehead atoms. The normalized spacial score (nSPS) is 11.4. The Balaban J connectivity index is 2.03. The lowest BCUT2D eigenvalue weighted by Gasteiger charge is -2.24. The minimum atomic E-state index is 1.30. The minimum absolute atomic E-state index is 1.30. The molecule has 0 saturated heterocycles. The topological polar surface area (TPSA) is 0 Å². The van der Waals surface area contributed by atoms with Crippen LogP contribution in [0, 0.1) is 6.92 Å². The van der Waals surface area contributed by atoms with Crippen LogP contribution in [0.25, 0.3) is 44.5 Å². The Kier molecular flexibility index (Phi) is 3.11. The van der Waals surface area contributed by atoms with Gasteiger partial charge in [0.05, 0.1) is 0 Å². The predicted octanol–water partition coefficient (Wildman–Crippen LogP) is 6.98. The van der Waals surface area contributed by atoms with Crippen molar-refractivity contribution in [2.75, 3.05) is 0 Å². The van der Waals surface area contributed by atoms with Crippen LogP contribution in [0.15, 0.2) is 91.0 Å². The highest BCUT2D eigenvalue weighted by Crippen LogP contribution is 2.48. The SMILES string of the molecule is Cc1cccc2c1-c1ccccc1-c1ccccc1-c1ccccc1-2. The van der Waals surface area contributed by atoms with E-state index >= 15 is 0 Å². The molecule has 5 rings (SSSR count). The number of fused-ring (bicyclic) bond motifs is 8. The summed E-state index contributed by atoms with van der Waals surface area (Å²) in [4.78, 5) is 0. The third kappa shape index (κ3) is 2.08. The van der Waals surface area contributed by atoms with Crippen LogP contribution in [0.1, 0.15) is 5.56 Å². The number of rotatable bonds is 0. The molecule has 4 aromatic rings. The van der Waals surface area contributed by atoms with Crippen molar-refractivity contribution >= 4 is 0 Å². The Bertz CT molecular complexity index is 1100. The summed E-state index contributed by atoms with van der Waals surface area (Å²) in [7, 11) is 0. The quantitative estimate of drug-likeness (QED) is 0.289. The molecule has 0 heterocycles. The molecule has 0 amide bonds. The van der Waals surface area contributed by atoms with Gasteiger partial charge in [-0.3, -0.25) is 0 Å². The minimum Gasteiger partial charge on any atom is -0.0616 e. The van der Waals surface area contributed by atoms with Crippen LogP contribution < -0.4 is 0 Å². The van der Waals surface area contributed by atoms with Crippen molar-refractivity contribution in [3.05, 3.63) is 96.6 Å². The molecule has 0 aromatic heterocycles. The van der Waals surface area contributed by atoms with E-state index in [0.29, 0.717) is 0 Å². The van der Waals surface area contributed by atoms with Gasteiger partial charge in [-0.2, -0.15) is 0 Å². The summed E-state index contributed by atoms with van der Waals surface area (Å²) in [6.45, 7) is 2.21. The van der Waals surface area contributed by atoms with Crippen LogP contribution in [-0.2, 0) is 0 Å². The van der Waals surface area contributed by atoms with Crippen LogP contribution in [-0.4, -0.2) is 0 Å². The molecule has 0 heteroatoms. The van der Waals surface area contributed by atoms with E-state index in [4.69, 9.17) is 0 Å². The van der Waals surface area contributed by atoms with Crippen LogP contribution in [0.4, 0.5) is 0 Å². The largest absolute Gasteiger partial charge is 0.0616 e. The van der Waals surface area contributed by atoms with E-state index in [-0.39, 0.29) is 0 Å². The van der Waals surface area contributed by atoms with E-state index in [1.54, 1.807) is 0 Å². The molecule has 0 saturated carbocycles. The molecular weight excluding hydrogens is 300 g/mol. The molecule has 4 aromatic carbocycles. The first-order valence-electron chi connectivity index (χ1n) is 8.73. The summed E-state index contributed by atoms with van der Waals surface area (Å²) in [5, 5.41) is 0. The molecule has 1 aliphatic carbocycles. The van der Waals surface area contributed by atoms with Gasteiger partial charge >= 0.3 is 0 Å². The van der Waals surface area contributed by atoms with E-state index < -0.39 is 0 Å². The zero-order valence-electron chi connectivity index (χ0n) is 14.2. The first kappa shape index (κ1) is 14.2. The Morgan fingerprint density at radius 1 is 0.360 bits per heavy atom. The predicted molar refractivity (Wildman–Crippen MR) is 106 cm³/mol. The van der Waals surface area contributed by atoms with Crippen molar-refractivity contribution in [3.63, 3.8) is 0 Å². The highest BCUT2D eigenvalue weighted by molar-refractivity contribution is 6.03. The summed E-state index contributed by atoms with van der Waals surface area (Å²) in [6, 6.07) is 33.0. The first-order valence-corrected chi connectivity index (χ1v) is 8.73. The fourth-order valence-corrected chi connectivity index (χ4v) is 4.09. The van der Waals surface area contributed by atoms with Crippen LogP contribution >= 0.6 is 0 Å². The molecule has 0 atom stereocenters. The Labute approximate surface area is 148 Å². The lowest BCUT2D eigenvalue weighted by Crippen LogP contribution is -1.98. The lowest BCUT2D eigenvalue weighted by molar-refractivity contribution is 1.44. The number of aryl methyl sites for hydroxylation is 1. The third-order valence-corrected chi connectivity index (χ3v) is 5.19. The summed E-state index contributed by atoms with van der Waals surface area (Å²) >= 11 is 0. The van der Waals surface area contributed by atoms with Crippen molar-refractivity contribution in [3.8, 4) is 44.5 Å². The van der Waals surface area contributed by atoms with E-state index in [2.05, 4.69) is 97.9 Å². The maximum absolute atomic E-state index is 2.26. The van der Waals surface area contributed by atoms with E-state index in [0.717, 1.165) is 0 Å². The molecular formula is C25H18. The number of hydrogen-bond acceptors (Lipinski definition) is 0. The molecule has 0 fully saturated rings. The van der Waals surface area contributed by atoms with Crippen molar-refractivity contribution in [2.24, 2.45) is 0 Å². The van der Waals surface area contributed by atoms with Gasteiger partial charge in [-0.1, -0.05) is 91.0 Å². The second kappa shape index (κ2) is 5.46. The highest BCUT2D eigenvalue weighted by atomic mass is 14.2. The van der Waals surface area contributed by atoms with Gasteiger partial charge in [0.25, 0.3) is 0 Å². The van der Waals surface area contributed by atoms with Crippen molar-refractivity contribution in [1.29, 1.82) is 0 Å². The highest BCUT2D eigenvalue weighted by Gasteiger charge is 2.21. The average Bonchev–Trinajstić information content (AvgIpc) is 2.67. The molecule has 0 aliphatic heterocycles. The van der Waals surface area contributed by atoms with Crippen molar-refractivity contribution < 1.29 is 0 Å². The summed E-state index contributed by atoms with van der Waals surface area (Å²) in [6.07, 6.45) is 0. The fraction of sp³-hybridized carbons (Fsp3) is 0.0400. The number of hydrogen-bond donors (Lipinski definition) is 0. The van der Waals surface area contributed by atoms with Crippen LogP contribution in [0.3, 0.4) is 0 Å². The molecule has 118 valence electrons. The monoisotopic (exact) mass is 318 g/mol. The maximum Gasteiger partial charge on any atom is -0.00697 e. The van der Waals surface area contributed by atoms with Crippen molar-refractivity contribution in [1.82, 2.24) is 0 Å². The second-order valence-electron chi connectivity index (χ2n) is 6.63. The van der Waals surface area contributed by atoms with Gasteiger partial charge in [-0.05, 0) is 57.0 Å². The zero-order chi connectivity index (χ0) is 16.8. The lowest BCUT2D eigenvalue weighted by atomic mass is 9.80. The Morgan fingerprint density at radius 3 is 1.24 bits per heavy atom. The van der Waals surface area contributed by atoms with Crippen LogP contribution in [0.5, 0.6) is 0 Å². The van der Waals surface area contributed by atoms with Gasteiger partial charge < -0.3 is 0 Å². The fourth-order valence-electron chi connectivity index (χ4n) is 4.09. The van der Waals surface area contributed by atoms with Gasteiger partial charge in [-0.25, -0.2) is 0 Å². The summed E-state index contributed by atoms with van der Waals surface area (Å²) in [5.74, 6) is 0. The van der Waals surface area contributed by atoms with E-state index in [9.17, 15) is 0 Å². The Morgan fingerprint density at radius 2 is 0.720 bits per heavy atom. The van der Waals surface area contributed by atoms with Gasteiger partial charge in [0, 0.05) is 0 Å². The van der Waals surface area contributed by atoms with Gasteiger partial charge in [0.15, 0.2) is 0 Å². The zero-order valence-corrected chi connectivity index (χ0v) is 14.2. The summed E-state index contributed by atoms with van der Waals surface area (Å²) < 4.78 is 0. The summed E-state index contributed by atoms with van der Waals surface area (Å²) in [5.41, 5.74) is 11.8. The Hall–Kier alpha value is -3.12. The second-order valence-corrected chi connectivity index (χ2v) is 6.63. The molecule has 0 spiro atoms. The average molecular weight is 318 g/mol. The first-order chi connectivity index (χ1) is 12.3. The molecule has 0 N–H and O–H groups in total. The molecule has 0 nitrogen and oxygen atoms in total. The van der Waals surface area contributed by atoms with Crippen molar-refractivity contribution in [2.45, 2.75) is 6.92 Å². The van der Waals surface area contributed by atoms with E-state index in [1.807, 2.05) is 0 Å².